The average molecular weight is 175 g/mol. The van der Waals surface area contributed by atoms with Gasteiger partial charge >= 0.3 is 0 Å². The highest BCUT2D eigenvalue weighted by Gasteiger charge is 1.97. The maximum absolute atomic E-state index is 5.78. The van der Waals surface area contributed by atoms with E-state index in [4.69, 9.17) is 11.6 Å². The van der Waals surface area contributed by atoms with Gasteiger partial charge in [-0.1, -0.05) is 45.3 Å². The highest BCUT2D eigenvalue weighted by molar-refractivity contribution is 6.19. The summed E-state index contributed by atoms with van der Waals surface area (Å²) in [6.45, 7) is 6.64. The van der Waals surface area contributed by atoms with Crippen LogP contribution >= 0.6 is 11.6 Å². The van der Waals surface area contributed by atoms with Gasteiger partial charge in [0.05, 0.1) is 0 Å². The molecule has 0 aliphatic heterocycles. The van der Waals surface area contributed by atoms with Crippen LogP contribution in [-0.2, 0) is 0 Å². The molecule has 0 saturated heterocycles. The molecule has 0 rings (SSSR count). The zero-order valence-electron chi connectivity index (χ0n) is 7.86. The smallest absolute Gasteiger partial charge is 0.0433 e. The van der Waals surface area contributed by atoms with Gasteiger partial charge in [0, 0.05) is 5.88 Å². The minimum atomic E-state index is 0.690. The zero-order valence-corrected chi connectivity index (χ0v) is 8.62. The van der Waals surface area contributed by atoms with E-state index in [-0.39, 0.29) is 0 Å². The van der Waals surface area contributed by atoms with Crippen LogP contribution in [0.3, 0.4) is 0 Å². The Labute approximate surface area is 75.6 Å². The van der Waals surface area contributed by atoms with E-state index >= 15 is 0 Å². The summed E-state index contributed by atoms with van der Waals surface area (Å²) in [5.41, 5.74) is 1.41. The van der Waals surface area contributed by atoms with Gasteiger partial charge in [0.25, 0.3) is 0 Å². The molecular formula is C10H19Cl. The molecule has 0 saturated carbocycles. The second-order valence-corrected chi connectivity index (χ2v) is 3.36. The standard InChI is InChI=1S/C10H19Cl/c1-4-6-10(8-11)7-9(3)5-2/h7,9H,4-6,8H2,1-3H3. The van der Waals surface area contributed by atoms with Gasteiger partial charge in [0.15, 0.2) is 0 Å². The number of alkyl halides is 1. The molecule has 0 spiro atoms. The molecule has 0 aliphatic carbocycles. The lowest BCUT2D eigenvalue weighted by Gasteiger charge is -2.05. The van der Waals surface area contributed by atoms with E-state index < -0.39 is 0 Å². The Bertz CT molecular complexity index is 116. The van der Waals surface area contributed by atoms with Crippen LogP contribution in [-0.4, -0.2) is 5.88 Å². The molecule has 1 heteroatoms. The molecule has 0 aromatic heterocycles. The molecule has 0 aromatic rings. The largest absolute Gasteiger partial charge is 0.122 e. The van der Waals surface area contributed by atoms with Crippen LogP contribution in [0.15, 0.2) is 11.6 Å². The molecule has 0 bridgehead atoms. The van der Waals surface area contributed by atoms with Crippen LogP contribution in [0.1, 0.15) is 40.0 Å². The third-order valence-corrected chi connectivity index (χ3v) is 2.25. The fourth-order valence-electron chi connectivity index (χ4n) is 1.04. The van der Waals surface area contributed by atoms with E-state index in [9.17, 15) is 0 Å². The molecule has 66 valence electrons. The third kappa shape index (κ3) is 5.32. The molecule has 1 atom stereocenters. The normalized spacial score (nSPS) is 15.1. The number of hydrogen-bond donors (Lipinski definition) is 0. The molecule has 0 N–H and O–H groups in total. The summed E-state index contributed by atoms with van der Waals surface area (Å²) in [6.07, 6.45) is 5.89. The second kappa shape index (κ2) is 6.72. The van der Waals surface area contributed by atoms with Crippen LogP contribution in [0.5, 0.6) is 0 Å². The fraction of sp³-hybridized carbons (Fsp3) is 0.800. The summed E-state index contributed by atoms with van der Waals surface area (Å²) >= 11 is 5.78. The maximum atomic E-state index is 5.78. The summed E-state index contributed by atoms with van der Waals surface area (Å²) in [6, 6.07) is 0. The van der Waals surface area contributed by atoms with Crippen molar-refractivity contribution in [2.24, 2.45) is 5.92 Å². The monoisotopic (exact) mass is 174 g/mol. The van der Waals surface area contributed by atoms with E-state index in [1.807, 2.05) is 0 Å². The SMILES string of the molecule is CCCC(=CC(C)CC)CCl. The molecule has 0 nitrogen and oxygen atoms in total. The Morgan fingerprint density at radius 1 is 1.45 bits per heavy atom. The lowest BCUT2D eigenvalue weighted by Crippen LogP contribution is -1.91. The first kappa shape index (κ1) is 11.0. The van der Waals surface area contributed by atoms with Gasteiger partial charge in [0.1, 0.15) is 0 Å². The Balaban J connectivity index is 3.88. The van der Waals surface area contributed by atoms with Crippen molar-refractivity contribution in [3.63, 3.8) is 0 Å². The lowest BCUT2D eigenvalue weighted by atomic mass is 10.0. The Hall–Kier alpha value is 0.0300. The number of rotatable bonds is 5. The molecule has 0 amide bonds. The van der Waals surface area contributed by atoms with Gasteiger partial charge in [0.2, 0.25) is 0 Å². The van der Waals surface area contributed by atoms with Crippen molar-refractivity contribution in [3.05, 3.63) is 11.6 Å². The van der Waals surface area contributed by atoms with E-state index in [2.05, 4.69) is 26.8 Å². The quantitative estimate of drug-likeness (QED) is 0.437. The molecule has 0 heterocycles. The van der Waals surface area contributed by atoms with Crippen molar-refractivity contribution in [1.29, 1.82) is 0 Å². The predicted molar refractivity (Wildman–Crippen MR) is 53.2 cm³/mol. The van der Waals surface area contributed by atoms with Crippen molar-refractivity contribution >= 4 is 11.6 Å². The molecule has 0 fully saturated rings. The summed E-state index contributed by atoms with van der Waals surface area (Å²) < 4.78 is 0. The first-order chi connectivity index (χ1) is 5.24. The Kier molecular flexibility index (Phi) is 6.74. The average Bonchev–Trinajstić information content (AvgIpc) is 2.03. The number of allylic oxidation sites excluding steroid dienone is 2. The van der Waals surface area contributed by atoms with E-state index in [0.717, 1.165) is 6.42 Å². The molecule has 11 heavy (non-hydrogen) atoms. The highest BCUT2D eigenvalue weighted by atomic mass is 35.5. The molecule has 1 unspecified atom stereocenters. The molecule has 0 radical (unpaired) electrons. The van der Waals surface area contributed by atoms with Gasteiger partial charge in [-0.05, 0) is 12.3 Å². The molecule has 0 aliphatic rings. The van der Waals surface area contributed by atoms with Crippen LogP contribution < -0.4 is 0 Å². The number of halogens is 1. The van der Waals surface area contributed by atoms with E-state index in [1.54, 1.807) is 0 Å². The lowest BCUT2D eigenvalue weighted by molar-refractivity contribution is 0.686. The van der Waals surface area contributed by atoms with Gasteiger partial charge in [-0.15, -0.1) is 11.6 Å². The Morgan fingerprint density at radius 2 is 2.09 bits per heavy atom. The van der Waals surface area contributed by atoms with Crippen LogP contribution in [0.4, 0.5) is 0 Å². The van der Waals surface area contributed by atoms with E-state index in [1.165, 1.54) is 18.4 Å². The number of hydrogen-bond acceptors (Lipinski definition) is 0. The van der Waals surface area contributed by atoms with Crippen molar-refractivity contribution < 1.29 is 0 Å². The van der Waals surface area contributed by atoms with Crippen molar-refractivity contribution in [2.75, 3.05) is 5.88 Å². The topological polar surface area (TPSA) is 0 Å². The van der Waals surface area contributed by atoms with Crippen LogP contribution in [0.25, 0.3) is 0 Å². The first-order valence-electron chi connectivity index (χ1n) is 4.50. The van der Waals surface area contributed by atoms with Crippen molar-refractivity contribution in [3.8, 4) is 0 Å². The van der Waals surface area contributed by atoms with Crippen molar-refractivity contribution in [1.82, 2.24) is 0 Å². The van der Waals surface area contributed by atoms with Crippen LogP contribution in [0.2, 0.25) is 0 Å². The van der Waals surface area contributed by atoms with Gasteiger partial charge in [-0.25, -0.2) is 0 Å². The van der Waals surface area contributed by atoms with Crippen LogP contribution in [0, 0.1) is 5.92 Å². The summed E-state index contributed by atoms with van der Waals surface area (Å²) in [7, 11) is 0. The zero-order chi connectivity index (χ0) is 8.69. The van der Waals surface area contributed by atoms with Gasteiger partial charge in [-0.3, -0.25) is 0 Å². The minimum absolute atomic E-state index is 0.690. The minimum Gasteiger partial charge on any atom is -0.122 e. The van der Waals surface area contributed by atoms with Crippen molar-refractivity contribution in [2.45, 2.75) is 40.0 Å². The molecule has 0 aromatic carbocycles. The van der Waals surface area contributed by atoms with Gasteiger partial charge < -0.3 is 0 Å². The first-order valence-corrected chi connectivity index (χ1v) is 5.03. The van der Waals surface area contributed by atoms with E-state index in [0.29, 0.717) is 11.8 Å². The molecular weight excluding hydrogens is 156 g/mol. The Morgan fingerprint density at radius 3 is 2.45 bits per heavy atom. The maximum Gasteiger partial charge on any atom is 0.0433 e. The predicted octanol–water partition coefficient (Wildman–Crippen LogP) is 4.00. The van der Waals surface area contributed by atoms with Gasteiger partial charge in [-0.2, -0.15) is 0 Å². The fourth-order valence-corrected chi connectivity index (χ4v) is 1.26. The summed E-state index contributed by atoms with van der Waals surface area (Å²) in [4.78, 5) is 0. The summed E-state index contributed by atoms with van der Waals surface area (Å²) in [5, 5.41) is 0. The third-order valence-electron chi connectivity index (χ3n) is 1.91. The summed E-state index contributed by atoms with van der Waals surface area (Å²) in [5.74, 6) is 1.40. The second-order valence-electron chi connectivity index (χ2n) is 3.09. The highest BCUT2D eigenvalue weighted by Crippen LogP contribution is 2.12.